The summed E-state index contributed by atoms with van der Waals surface area (Å²) in [6.45, 7) is 6.19. The quantitative estimate of drug-likeness (QED) is 0.567. The van der Waals surface area contributed by atoms with Gasteiger partial charge in [0.2, 0.25) is 11.9 Å². The second-order valence-corrected chi connectivity index (χ2v) is 10.0. The van der Waals surface area contributed by atoms with Crippen LogP contribution in [0.25, 0.3) is 5.57 Å². The van der Waals surface area contributed by atoms with Crippen molar-refractivity contribution in [2.45, 2.75) is 51.9 Å². The normalized spacial score (nSPS) is 20.9. The van der Waals surface area contributed by atoms with E-state index < -0.39 is 0 Å². The summed E-state index contributed by atoms with van der Waals surface area (Å²) in [5, 5.41) is 0. The number of carbonyl (C=O) groups is 1. The zero-order valence-corrected chi connectivity index (χ0v) is 20.6. The summed E-state index contributed by atoms with van der Waals surface area (Å²) in [5.74, 6) is 1.55. The molecule has 7 heteroatoms. The van der Waals surface area contributed by atoms with Crippen LogP contribution in [0, 0.1) is 17.7 Å². The fraction of sp³-hybridized carbons (Fsp3) is 0.536. The molecular weight excluding hydrogens is 443 g/mol. The van der Waals surface area contributed by atoms with Crippen LogP contribution in [0.1, 0.15) is 56.6 Å². The molecule has 1 unspecified atom stereocenters. The van der Waals surface area contributed by atoms with Crippen molar-refractivity contribution >= 4 is 17.4 Å². The minimum absolute atomic E-state index is 0.0835. The summed E-state index contributed by atoms with van der Waals surface area (Å²) in [6, 6.07) is 5.28. The molecular formula is C28H35FN4O2. The summed E-state index contributed by atoms with van der Waals surface area (Å²) in [5.41, 5.74) is 3.17. The van der Waals surface area contributed by atoms with E-state index in [2.05, 4.69) is 27.9 Å². The highest BCUT2D eigenvalue weighted by molar-refractivity contribution is 5.81. The first-order chi connectivity index (χ1) is 17.1. The third-order valence-corrected chi connectivity index (χ3v) is 7.70. The molecule has 2 aliphatic heterocycles. The Kier molecular flexibility index (Phi) is 7.30. The number of nitrogens with zero attached hydrogens (tertiary/aromatic N) is 4. The smallest absolute Gasteiger partial charge is 0.226 e. The van der Waals surface area contributed by atoms with E-state index in [1.165, 1.54) is 0 Å². The molecule has 1 amide bonds. The molecule has 1 aromatic carbocycles. The van der Waals surface area contributed by atoms with Crippen LogP contribution in [0.15, 0.2) is 36.7 Å². The molecule has 2 fully saturated rings. The number of carbonyl (C=O) groups excluding carboxylic acids is 1. The first-order valence-electron chi connectivity index (χ1n) is 13.1. The summed E-state index contributed by atoms with van der Waals surface area (Å²) in [4.78, 5) is 25.6. The molecule has 3 aliphatic rings. The molecule has 6 nitrogen and oxygen atoms in total. The number of amides is 1. The van der Waals surface area contributed by atoms with Crippen LogP contribution < -0.4 is 9.64 Å². The van der Waals surface area contributed by atoms with Crippen molar-refractivity contribution in [1.29, 1.82) is 0 Å². The number of aryl methyl sites for hydroxylation is 1. The van der Waals surface area contributed by atoms with E-state index in [0.29, 0.717) is 18.3 Å². The number of piperidine rings is 1. The number of benzene rings is 1. The molecule has 2 aromatic rings. The fourth-order valence-electron chi connectivity index (χ4n) is 5.13. The van der Waals surface area contributed by atoms with Gasteiger partial charge in [0.1, 0.15) is 0 Å². The summed E-state index contributed by atoms with van der Waals surface area (Å²) in [6.07, 6.45) is 12.3. The Hall–Kier alpha value is -2.96. The van der Waals surface area contributed by atoms with Gasteiger partial charge in [-0.2, -0.15) is 0 Å². The largest absolute Gasteiger partial charge is 0.490 e. The number of anilines is 1. The van der Waals surface area contributed by atoms with Gasteiger partial charge in [-0.05, 0) is 79.7 Å². The molecule has 35 heavy (non-hydrogen) atoms. The maximum atomic E-state index is 14.8. The Morgan fingerprint density at radius 2 is 1.89 bits per heavy atom. The Morgan fingerprint density at radius 1 is 1.11 bits per heavy atom. The Labute approximate surface area is 207 Å². The summed E-state index contributed by atoms with van der Waals surface area (Å²) < 4.78 is 20.7. The number of allylic oxidation sites excluding steroid dienone is 2. The van der Waals surface area contributed by atoms with E-state index >= 15 is 0 Å². The van der Waals surface area contributed by atoms with Crippen LogP contribution in [-0.4, -0.2) is 53.6 Å². The molecule has 0 spiro atoms. The standard InChI is InChI=1S/C28H35FN4O2/c1-2-20-17-30-28(31-18-20)33-14-10-21(11-15-33)19-35-26-9-8-24(16-25(26)29)22-4-6-23(7-5-22)27(34)32-12-3-13-32/h4,8-9,16-18,21,23H,2-3,5-7,10-15,19H2,1H3. The molecule has 0 bridgehead atoms. The Bertz CT molecular complexity index is 1060. The summed E-state index contributed by atoms with van der Waals surface area (Å²) >= 11 is 0. The lowest BCUT2D eigenvalue weighted by molar-refractivity contribution is -0.139. The second-order valence-electron chi connectivity index (χ2n) is 10.0. The van der Waals surface area contributed by atoms with Crippen molar-refractivity contribution in [2.24, 2.45) is 11.8 Å². The third-order valence-electron chi connectivity index (χ3n) is 7.70. The highest BCUT2D eigenvalue weighted by atomic mass is 19.1. The van der Waals surface area contributed by atoms with Crippen LogP contribution in [-0.2, 0) is 11.2 Å². The van der Waals surface area contributed by atoms with Gasteiger partial charge in [-0.15, -0.1) is 0 Å². The van der Waals surface area contributed by atoms with Gasteiger partial charge in [-0.1, -0.05) is 19.1 Å². The Balaban J connectivity index is 1.10. The molecule has 1 aliphatic carbocycles. The van der Waals surface area contributed by atoms with Gasteiger partial charge in [-0.25, -0.2) is 14.4 Å². The molecule has 2 saturated heterocycles. The van der Waals surface area contributed by atoms with Crippen LogP contribution in [0.2, 0.25) is 0 Å². The first kappa shape index (κ1) is 23.8. The van der Waals surface area contributed by atoms with E-state index in [-0.39, 0.29) is 17.6 Å². The van der Waals surface area contributed by atoms with Crippen LogP contribution in [0.3, 0.4) is 0 Å². The van der Waals surface area contributed by atoms with Crippen molar-refractivity contribution in [3.63, 3.8) is 0 Å². The van der Waals surface area contributed by atoms with Gasteiger partial charge in [-0.3, -0.25) is 4.79 Å². The number of rotatable bonds is 7. The monoisotopic (exact) mass is 478 g/mol. The lowest BCUT2D eigenvalue weighted by Gasteiger charge is -2.35. The lowest BCUT2D eigenvalue weighted by Crippen LogP contribution is -2.45. The lowest BCUT2D eigenvalue weighted by atomic mass is 9.85. The molecule has 0 radical (unpaired) electrons. The minimum Gasteiger partial charge on any atom is -0.490 e. The maximum absolute atomic E-state index is 14.8. The zero-order valence-electron chi connectivity index (χ0n) is 20.6. The first-order valence-corrected chi connectivity index (χ1v) is 13.1. The van der Waals surface area contributed by atoms with E-state index in [4.69, 9.17) is 4.74 Å². The highest BCUT2D eigenvalue weighted by Gasteiger charge is 2.29. The number of likely N-dealkylation sites (tertiary alicyclic amines) is 1. The van der Waals surface area contributed by atoms with E-state index in [1.807, 2.05) is 23.4 Å². The number of halogens is 1. The van der Waals surface area contributed by atoms with Gasteiger partial charge in [0, 0.05) is 44.5 Å². The van der Waals surface area contributed by atoms with E-state index in [9.17, 15) is 9.18 Å². The number of aromatic nitrogens is 2. The molecule has 0 N–H and O–H groups in total. The SMILES string of the molecule is CCc1cnc(N2CCC(COc3ccc(C4=CCC(C(=O)N5CCC5)CC4)cc3F)CC2)nc1. The summed E-state index contributed by atoms with van der Waals surface area (Å²) in [7, 11) is 0. The molecule has 1 aromatic heterocycles. The van der Waals surface area contributed by atoms with Gasteiger partial charge in [0.15, 0.2) is 11.6 Å². The van der Waals surface area contributed by atoms with Crippen molar-refractivity contribution in [1.82, 2.24) is 14.9 Å². The molecule has 3 heterocycles. The van der Waals surface area contributed by atoms with Gasteiger partial charge in [0.25, 0.3) is 0 Å². The topological polar surface area (TPSA) is 58.6 Å². The van der Waals surface area contributed by atoms with Crippen LogP contribution >= 0.6 is 0 Å². The van der Waals surface area contributed by atoms with Crippen LogP contribution in [0.4, 0.5) is 10.3 Å². The number of ether oxygens (including phenoxy) is 1. The maximum Gasteiger partial charge on any atom is 0.226 e. The number of hydrogen-bond donors (Lipinski definition) is 0. The third kappa shape index (κ3) is 5.49. The number of hydrogen-bond acceptors (Lipinski definition) is 5. The van der Waals surface area contributed by atoms with Crippen molar-refractivity contribution in [3.8, 4) is 5.75 Å². The van der Waals surface area contributed by atoms with Crippen molar-refractivity contribution < 1.29 is 13.9 Å². The predicted octanol–water partition coefficient (Wildman–Crippen LogP) is 4.89. The van der Waals surface area contributed by atoms with Gasteiger partial charge in [0.05, 0.1) is 6.61 Å². The van der Waals surface area contributed by atoms with Crippen molar-refractivity contribution in [3.05, 3.63) is 53.6 Å². The Morgan fingerprint density at radius 3 is 2.49 bits per heavy atom. The molecule has 1 atom stereocenters. The zero-order chi connectivity index (χ0) is 24.2. The van der Waals surface area contributed by atoms with Crippen LogP contribution in [0.5, 0.6) is 5.75 Å². The van der Waals surface area contributed by atoms with Gasteiger partial charge >= 0.3 is 0 Å². The molecule has 186 valence electrons. The fourth-order valence-corrected chi connectivity index (χ4v) is 5.13. The highest BCUT2D eigenvalue weighted by Crippen LogP contribution is 2.34. The second kappa shape index (κ2) is 10.8. The average molecular weight is 479 g/mol. The molecule has 0 saturated carbocycles. The predicted molar refractivity (Wildman–Crippen MR) is 135 cm³/mol. The molecule has 5 rings (SSSR count). The average Bonchev–Trinajstić information content (AvgIpc) is 2.87. The van der Waals surface area contributed by atoms with Crippen molar-refractivity contribution in [2.75, 3.05) is 37.7 Å². The van der Waals surface area contributed by atoms with Gasteiger partial charge < -0.3 is 14.5 Å². The van der Waals surface area contributed by atoms with E-state index in [1.54, 1.807) is 12.1 Å². The van der Waals surface area contributed by atoms with E-state index in [0.717, 1.165) is 93.8 Å². The minimum atomic E-state index is -0.316.